The minimum atomic E-state index is -5.22. The van der Waals surface area contributed by atoms with E-state index in [0.29, 0.717) is 11.3 Å². The molecule has 0 atom stereocenters. The van der Waals surface area contributed by atoms with Gasteiger partial charge in [-0.2, -0.15) is 0 Å². The lowest BCUT2D eigenvalue weighted by atomic mass is 9.91. The van der Waals surface area contributed by atoms with Gasteiger partial charge in [0.15, 0.2) is 11.6 Å². The molecular formula is C15H8ClF5N2O4S. The smallest absolute Gasteiger partial charge is 0.447 e. The standard InChI is InChI=1S/C15H8ClF5N2O4S/c16-8-7-5(17)1-6(27-15(19,20)21)9(18)10(7)28-11(8)12(24)23-2-14(3-23)4-26-13(25)22-14/h1H,2-4H2,(H,22,25). The van der Waals surface area contributed by atoms with Crippen molar-refractivity contribution in [2.75, 3.05) is 19.7 Å². The van der Waals surface area contributed by atoms with Gasteiger partial charge in [-0.05, 0) is 0 Å². The van der Waals surface area contributed by atoms with E-state index in [1.54, 1.807) is 0 Å². The number of hydrogen-bond acceptors (Lipinski definition) is 5. The third kappa shape index (κ3) is 3.00. The number of rotatable bonds is 2. The van der Waals surface area contributed by atoms with E-state index in [0.717, 1.165) is 0 Å². The Hall–Kier alpha value is -2.34. The Morgan fingerprint density at radius 3 is 2.61 bits per heavy atom. The highest BCUT2D eigenvalue weighted by atomic mass is 35.5. The summed E-state index contributed by atoms with van der Waals surface area (Å²) in [6.07, 6.45) is -5.84. The first-order chi connectivity index (χ1) is 13.0. The Morgan fingerprint density at radius 1 is 1.36 bits per heavy atom. The Morgan fingerprint density at radius 2 is 2.04 bits per heavy atom. The van der Waals surface area contributed by atoms with Crippen LogP contribution >= 0.6 is 22.9 Å². The Kier molecular flexibility index (Phi) is 4.12. The Labute approximate surface area is 161 Å². The highest BCUT2D eigenvalue weighted by molar-refractivity contribution is 7.21. The van der Waals surface area contributed by atoms with Gasteiger partial charge in [0.05, 0.1) is 15.1 Å². The van der Waals surface area contributed by atoms with Gasteiger partial charge in [-0.25, -0.2) is 13.6 Å². The first-order valence-electron chi connectivity index (χ1n) is 7.60. The fourth-order valence-corrected chi connectivity index (χ4v) is 4.65. The number of amides is 2. The molecule has 1 aromatic carbocycles. The minimum Gasteiger partial charge on any atom is -0.447 e. The summed E-state index contributed by atoms with van der Waals surface area (Å²) in [6.45, 7) is 0.252. The van der Waals surface area contributed by atoms with Crippen molar-refractivity contribution in [2.24, 2.45) is 0 Å². The lowest BCUT2D eigenvalue weighted by molar-refractivity contribution is -0.275. The van der Waals surface area contributed by atoms with Crippen LogP contribution in [-0.2, 0) is 4.74 Å². The molecule has 13 heteroatoms. The van der Waals surface area contributed by atoms with E-state index in [1.807, 2.05) is 0 Å². The minimum absolute atomic E-state index is 0.0666. The third-order valence-corrected chi connectivity index (χ3v) is 5.96. The number of ether oxygens (including phenoxy) is 2. The highest BCUT2D eigenvalue weighted by Crippen LogP contribution is 2.43. The number of thiophene rings is 1. The molecule has 1 aromatic heterocycles. The number of cyclic esters (lactones) is 1. The van der Waals surface area contributed by atoms with E-state index in [2.05, 4.69) is 10.1 Å². The number of fused-ring (bicyclic) bond motifs is 1. The monoisotopic (exact) mass is 442 g/mol. The molecule has 0 saturated carbocycles. The van der Waals surface area contributed by atoms with Crippen molar-refractivity contribution in [3.8, 4) is 5.75 Å². The molecule has 0 aliphatic carbocycles. The SMILES string of the molecule is O=C1NC2(CO1)CN(C(=O)c1sc3c(F)c(OC(F)(F)F)cc(F)c3c1Cl)C2. The van der Waals surface area contributed by atoms with Crippen molar-refractivity contribution in [1.82, 2.24) is 10.2 Å². The number of halogens is 6. The quantitative estimate of drug-likeness (QED) is 0.721. The van der Waals surface area contributed by atoms with Crippen molar-refractivity contribution < 1.29 is 41.0 Å². The molecule has 2 aliphatic heterocycles. The van der Waals surface area contributed by atoms with Gasteiger partial charge in [-0.1, -0.05) is 11.6 Å². The molecule has 2 saturated heterocycles. The summed E-state index contributed by atoms with van der Waals surface area (Å²) in [5, 5.41) is 1.65. The van der Waals surface area contributed by atoms with E-state index in [9.17, 15) is 31.5 Å². The zero-order valence-electron chi connectivity index (χ0n) is 13.5. The van der Waals surface area contributed by atoms with Gasteiger partial charge >= 0.3 is 12.5 Å². The molecular weight excluding hydrogens is 435 g/mol. The number of carbonyl (C=O) groups is 2. The molecule has 0 radical (unpaired) electrons. The van der Waals surface area contributed by atoms with Gasteiger partial charge in [0, 0.05) is 19.2 Å². The molecule has 0 bridgehead atoms. The summed E-state index contributed by atoms with van der Waals surface area (Å²) in [6, 6.07) is 0.224. The fraction of sp³-hybridized carbons (Fsp3) is 0.333. The van der Waals surface area contributed by atoms with E-state index >= 15 is 0 Å². The van der Waals surface area contributed by atoms with Gasteiger partial charge in [0.25, 0.3) is 5.91 Å². The first-order valence-corrected chi connectivity index (χ1v) is 8.79. The second kappa shape index (κ2) is 6.08. The lowest BCUT2D eigenvalue weighted by Gasteiger charge is -2.45. The zero-order valence-corrected chi connectivity index (χ0v) is 15.0. The topological polar surface area (TPSA) is 67.9 Å². The van der Waals surface area contributed by atoms with Crippen LogP contribution in [0.4, 0.5) is 26.7 Å². The van der Waals surface area contributed by atoms with Crippen LogP contribution in [0.5, 0.6) is 5.75 Å². The molecule has 0 unspecified atom stereocenters. The number of benzene rings is 1. The summed E-state index contributed by atoms with van der Waals surface area (Å²) in [7, 11) is 0. The number of hydrogen-bond donors (Lipinski definition) is 1. The van der Waals surface area contributed by atoms with E-state index in [1.165, 1.54) is 4.90 Å². The molecule has 6 nitrogen and oxygen atoms in total. The second-order valence-electron chi connectivity index (χ2n) is 6.31. The first kappa shape index (κ1) is 19.0. The summed E-state index contributed by atoms with van der Waals surface area (Å²) in [5.74, 6) is -4.76. The second-order valence-corrected chi connectivity index (χ2v) is 7.71. The van der Waals surface area contributed by atoms with Crippen molar-refractivity contribution in [3.63, 3.8) is 0 Å². The maximum Gasteiger partial charge on any atom is 0.573 e. The maximum absolute atomic E-state index is 14.4. The summed E-state index contributed by atoms with van der Waals surface area (Å²) < 4.78 is 73.4. The maximum atomic E-state index is 14.4. The molecule has 3 heterocycles. The third-order valence-electron chi connectivity index (χ3n) is 4.30. The fourth-order valence-electron chi connectivity index (χ4n) is 3.11. The average molecular weight is 443 g/mol. The van der Waals surface area contributed by atoms with Crippen molar-refractivity contribution in [2.45, 2.75) is 11.9 Å². The van der Waals surface area contributed by atoms with Crippen LogP contribution in [0.3, 0.4) is 0 Å². The number of likely N-dealkylation sites (tertiary alicyclic amines) is 1. The molecule has 1 spiro atoms. The number of alkyl carbamates (subject to hydrolysis) is 1. The summed E-state index contributed by atoms with van der Waals surface area (Å²) in [5.41, 5.74) is -0.722. The summed E-state index contributed by atoms with van der Waals surface area (Å²) >= 11 is 6.43. The molecule has 2 amide bonds. The van der Waals surface area contributed by atoms with Crippen LogP contribution in [0.1, 0.15) is 9.67 Å². The number of carbonyl (C=O) groups excluding carboxylic acids is 2. The largest absolute Gasteiger partial charge is 0.573 e. The van der Waals surface area contributed by atoms with Gasteiger partial charge in [-0.3, -0.25) is 4.79 Å². The van der Waals surface area contributed by atoms with Crippen LogP contribution in [-0.4, -0.2) is 48.5 Å². The normalized spacial score (nSPS) is 18.2. The van der Waals surface area contributed by atoms with Gasteiger partial charge in [0.2, 0.25) is 0 Å². The van der Waals surface area contributed by atoms with Gasteiger partial charge in [0.1, 0.15) is 22.8 Å². The van der Waals surface area contributed by atoms with Crippen molar-refractivity contribution in [3.05, 3.63) is 27.6 Å². The molecule has 28 heavy (non-hydrogen) atoms. The van der Waals surface area contributed by atoms with Crippen LogP contribution < -0.4 is 10.1 Å². The molecule has 4 rings (SSSR count). The van der Waals surface area contributed by atoms with Gasteiger partial charge in [-0.15, -0.1) is 24.5 Å². The zero-order chi connectivity index (χ0) is 20.4. The number of nitrogens with zero attached hydrogens (tertiary/aromatic N) is 1. The van der Waals surface area contributed by atoms with Crippen LogP contribution in [0.15, 0.2) is 6.07 Å². The van der Waals surface area contributed by atoms with E-state index in [4.69, 9.17) is 16.3 Å². The predicted molar refractivity (Wildman–Crippen MR) is 86.6 cm³/mol. The molecule has 150 valence electrons. The average Bonchev–Trinajstić information content (AvgIpc) is 3.10. The molecule has 2 aliphatic rings. The van der Waals surface area contributed by atoms with Crippen molar-refractivity contribution in [1.29, 1.82) is 0 Å². The van der Waals surface area contributed by atoms with Crippen LogP contribution in [0.2, 0.25) is 5.02 Å². The van der Waals surface area contributed by atoms with Crippen LogP contribution in [0, 0.1) is 11.6 Å². The van der Waals surface area contributed by atoms with Crippen LogP contribution in [0.25, 0.3) is 10.1 Å². The predicted octanol–water partition coefficient (Wildman–Crippen LogP) is 3.67. The lowest BCUT2D eigenvalue weighted by Crippen LogP contribution is -2.69. The Bertz CT molecular complexity index is 1020. The number of nitrogens with one attached hydrogen (secondary N) is 1. The summed E-state index contributed by atoms with van der Waals surface area (Å²) in [4.78, 5) is 24.8. The molecule has 2 aromatic rings. The van der Waals surface area contributed by atoms with E-state index < -0.39 is 56.4 Å². The Balaban J connectivity index is 1.66. The highest BCUT2D eigenvalue weighted by Gasteiger charge is 2.51. The molecule has 1 N–H and O–H groups in total. The number of alkyl halides is 3. The molecule has 2 fully saturated rings. The van der Waals surface area contributed by atoms with Crippen molar-refractivity contribution >= 4 is 45.0 Å². The van der Waals surface area contributed by atoms with Gasteiger partial charge < -0.3 is 19.7 Å². The van der Waals surface area contributed by atoms with E-state index in [-0.39, 0.29) is 30.6 Å².